The van der Waals surface area contributed by atoms with Gasteiger partial charge in [-0.25, -0.2) is 4.98 Å². The number of pyridine rings is 1. The predicted molar refractivity (Wildman–Crippen MR) is 64.4 cm³/mol. The number of aromatic nitrogens is 1. The zero-order chi connectivity index (χ0) is 10.7. The molecular weight excluding hydrogens is 254 g/mol. The molecule has 1 aliphatic rings. The highest BCUT2D eigenvalue weighted by atomic mass is 79.9. The molecule has 15 heavy (non-hydrogen) atoms. The van der Waals surface area contributed by atoms with Crippen molar-refractivity contribution in [1.29, 1.82) is 0 Å². The Morgan fingerprint density at radius 3 is 3.13 bits per heavy atom. The van der Waals surface area contributed by atoms with E-state index >= 15 is 0 Å². The number of likely N-dealkylation sites (tertiary alicyclic amines) is 1. The molecule has 0 bridgehead atoms. The van der Waals surface area contributed by atoms with E-state index in [2.05, 4.69) is 37.9 Å². The Balaban J connectivity index is 1.92. The molecule has 2 N–H and O–H groups in total. The van der Waals surface area contributed by atoms with Crippen LogP contribution in [0.4, 0.5) is 0 Å². The predicted octanol–water partition coefficient (Wildman–Crippen LogP) is 1.62. The van der Waals surface area contributed by atoms with E-state index in [0.717, 1.165) is 24.2 Å². The molecular formula is C11H16BrN3. The summed E-state index contributed by atoms with van der Waals surface area (Å²) in [4.78, 5) is 6.58. The lowest BCUT2D eigenvalue weighted by Crippen LogP contribution is -2.22. The van der Waals surface area contributed by atoms with Gasteiger partial charge in [0, 0.05) is 19.3 Å². The van der Waals surface area contributed by atoms with Crippen LogP contribution in [-0.2, 0) is 6.54 Å². The third-order valence-corrected chi connectivity index (χ3v) is 3.33. The molecule has 1 aliphatic heterocycles. The van der Waals surface area contributed by atoms with Crippen LogP contribution < -0.4 is 5.73 Å². The summed E-state index contributed by atoms with van der Waals surface area (Å²) in [6, 6.07) is 4.15. The van der Waals surface area contributed by atoms with Crippen molar-refractivity contribution >= 4 is 15.9 Å². The Labute approximate surface area is 98.8 Å². The van der Waals surface area contributed by atoms with Gasteiger partial charge in [0.1, 0.15) is 4.60 Å². The van der Waals surface area contributed by atoms with Crippen molar-refractivity contribution < 1.29 is 0 Å². The van der Waals surface area contributed by atoms with Gasteiger partial charge in [-0.1, -0.05) is 0 Å². The standard InChI is InChI=1S/C11H16BrN3/c12-11-5-9(1-3-14-11)7-15-4-2-10(6-13)8-15/h1,3,5,10H,2,4,6-8,13H2. The average molecular weight is 270 g/mol. The first-order chi connectivity index (χ1) is 7.28. The third-order valence-electron chi connectivity index (χ3n) is 2.90. The lowest BCUT2D eigenvalue weighted by Gasteiger charge is -2.15. The zero-order valence-corrected chi connectivity index (χ0v) is 10.3. The van der Waals surface area contributed by atoms with E-state index in [4.69, 9.17) is 5.73 Å². The molecule has 0 radical (unpaired) electrons. The van der Waals surface area contributed by atoms with E-state index in [-0.39, 0.29) is 0 Å². The SMILES string of the molecule is NCC1CCN(Cc2ccnc(Br)c2)C1. The van der Waals surface area contributed by atoms with Gasteiger partial charge >= 0.3 is 0 Å². The van der Waals surface area contributed by atoms with Gasteiger partial charge in [0.25, 0.3) is 0 Å². The maximum absolute atomic E-state index is 5.67. The van der Waals surface area contributed by atoms with Crippen LogP contribution in [0.5, 0.6) is 0 Å². The Morgan fingerprint density at radius 1 is 1.60 bits per heavy atom. The van der Waals surface area contributed by atoms with Gasteiger partial charge in [-0.05, 0) is 59.1 Å². The van der Waals surface area contributed by atoms with Crippen molar-refractivity contribution in [1.82, 2.24) is 9.88 Å². The number of hydrogen-bond acceptors (Lipinski definition) is 3. The van der Waals surface area contributed by atoms with E-state index < -0.39 is 0 Å². The first-order valence-electron chi connectivity index (χ1n) is 5.31. The highest BCUT2D eigenvalue weighted by molar-refractivity contribution is 9.10. The van der Waals surface area contributed by atoms with Crippen LogP contribution in [0.2, 0.25) is 0 Å². The second-order valence-electron chi connectivity index (χ2n) is 4.11. The number of nitrogens with zero attached hydrogens (tertiary/aromatic N) is 2. The first kappa shape index (κ1) is 11.0. The molecule has 0 aliphatic carbocycles. The molecule has 1 unspecified atom stereocenters. The molecule has 3 nitrogen and oxygen atoms in total. The minimum Gasteiger partial charge on any atom is -0.330 e. The molecule has 1 aromatic heterocycles. The van der Waals surface area contributed by atoms with E-state index in [1.165, 1.54) is 18.5 Å². The van der Waals surface area contributed by atoms with Gasteiger partial charge in [-0.2, -0.15) is 0 Å². The Morgan fingerprint density at radius 2 is 2.47 bits per heavy atom. The smallest absolute Gasteiger partial charge is 0.106 e. The maximum atomic E-state index is 5.67. The Bertz CT molecular complexity index is 329. The highest BCUT2D eigenvalue weighted by Crippen LogP contribution is 2.18. The monoisotopic (exact) mass is 269 g/mol. The second kappa shape index (κ2) is 5.05. The van der Waals surface area contributed by atoms with Gasteiger partial charge in [0.15, 0.2) is 0 Å². The van der Waals surface area contributed by atoms with Crippen LogP contribution >= 0.6 is 15.9 Å². The maximum Gasteiger partial charge on any atom is 0.106 e. The summed E-state index contributed by atoms with van der Waals surface area (Å²) in [6.07, 6.45) is 3.08. The van der Waals surface area contributed by atoms with E-state index in [9.17, 15) is 0 Å². The number of halogens is 1. The third kappa shape index (κ3) is 3.00. The van der Waals surface area contributed by atoms with E-state index in [1.54, 1.807) is 0 Å². The topological polar surface area (TPSA) is 42.1 Å². The van der Waals surface area contributed by atoms with Crippen LogP contribution in [-0.4, -0.2) is 29.5 Å². The van der Waals surface area contributed by atoms with Crippen molar-refractivity contribution in [2.45, 2.75) is 13.0 Å². The number of rotatable bonds is 3. The quantitative estimate of drug-likeness (QED) is 0.849. The van der Waals surface area contributed by atoms with Crippen LogP contribution in [0, 0.1) is 5.92 Å². The van der Waals surface area contributed by atoms with Crippen molar-refractivity contribution in [3.63, 3.8) is 0 Å². The molecule has 1 atom stereocenters. The van der Waals surface area contributed by atoms with Crippen LogP contribution in [0.25, 0.3) is 0 Å². The summed E-state index contributed by atoms with van der Waals surface area (Å²) in [7, 11) is 0. The molecule has 4 heteroatoms. The molecule has 0 saturated carbocycles. The minimum absolute atomic E-state index is 0.690. The fourth-order valence-corrected chi connectivity index (χ4v) is 2.46. The van der Waals surface area contributed by atoms with Crippen molar-refractivity contribution in [3.8, 4) is 0 Å². The van der Waals surface area contributed by atoms with E-state index in [1.807, 2.05) is 6.20 Å². The molecule has 0 spiro atoms. The van der Waals surface area contributed by atoms with Gasteiger partial charge in [-0.3, -0.25) is 4.90 Å². The fourth-order valence-electron chi connectivity index (χ4n) is 2.05. The zero-order valence-electron chi connectivity index (χ0n) is 8.69. The summed E-state index contributed by atoms with van der Waals surface area (Å²) >= 11 is 3.39. The van der Waals surface area contributed by atoms with Crippen LogP contribution in [0.1, 0.15) is 12.0 Å². The molecule has 0 amide bonds. The molecule has 1 aromatic rings. The Kier molecular flexibility index (Phi) is 3.72. The summed E-state index contributed by atoms with van der Waals surface area (Å²) in [6.45, 7) is 4.13. The summed E-state index contributed by atoms with van der Waals surface area (Å²) in [5.74, 6) is 0.690. The molecule has 82 valence electrons. The summed E-state index contributed by atoms with van der Waals surface area (Å²) in [5.41, 5.74) is 6.98. The number of hydrogen-bond donors (Lipinski definition) is 1. The summed E-state index contributed by atoms with van der Waals surface area (Å²) < 4.78 is 0.912. The van der Waals surface area contributed by atoms with Crippen LogP contribution in [0.15, 0.2) is 22.9 Å². The summed E-state index contributed by atoms with van der Waals surface area (Å²) in [5, 5.41) is 0. The van der Waals surface area contributed by atoms with Gasteiger partial charge in [-0.15, -0.1) is 0 Å². The van der Waals surface area contributed by atoms with Gasteiger partial charge in [0.2, 0.25) is 0 Å². The van der Waals surface area contributed by atoms with E-state index in [0.29, 0.717) is 5.92 Å². The highest BCUT2D eigenvalue weighted by Gasteiger charge is 2.20. The lowest BCUT2D eigenvalue weighted by molar-refractivity contribution is 0.318. The van der Waals surface area contributed by atoms with Gasteiger partial charge in [0.05, 0.1) is 0 Å². The normalized spacial score (nSPS) is 22.1. The average Bonchev–Trinajstić information content (AvgIpc) is 2.65. The van der Waals surface area contributed by atoms with Crippen molar-refractivity contribution in [2.75, 3.05) is 19.6 Å². The molecule has 1 saturated heterocycles. The molecule has 2 rings (SSSR count). The fraction of sp³-hybridized carbons (Fsp3) is 0.545. The molecule has 0 aromatic carbocycles. The Hall–Kier alpha value is -0.450. The van der Waals surface area contributed by atoms with Crippen molar-refractivity contribution in [2.24, 2.45) is 11.7 Å². The van der Waals surface area contributed by atoms with Crippen molar-refractivity contribution in [3.05, 3.63) is 28.5 Å². The second-order valence-corrected chi connectivity index (χ2v) is 4.92. The lowest BCUT2D eigenvalue weighted by atomic mass is 10.1. The largest absolute Gasteiger partial charge is 0.330 e. The number of nitrogens with two attached hydrogens (primary N) is 1. The first-order valence-corrected chi connectivity index (χ1v) is 6.10. The molecule has 1 fully saturated rings. The minimum atomic E-state index is 0.690. The van der Waals surface area contributed by atoms with Gasteiger partial charge < -0.3 is 5.73 Å². The molecule has 2 heterocycles. The van der Waals surface area contributed by atoms with Crippen LogP contribution in [0.3, 0.4) is 0 Å².